The molecule has 1 aliphatic heterocycles. The van der Waals surface area contributed by atoms with Crippen LogP contribution in [0.1, 0.15) is 52.9 Å². The Morgan fingerprint density at radius 1 is 1.25 bits per heavy atom. The van der Waals surface area contributed by atoms with Crippen molar-refractivity contribution < 1.29 is 0 Å². The van der Waals surface area contributed by atoms with E-state index in [4.69, 9.17) is 5.73 Å². The lowest BCUT2D eigenvalue weighted by Gasteiger charge is -2.44. The highest BCUT2D eigenvalue weighted by atomic mass is 15.4. The van der Waals surface area contributed by atoms with Crippen LogP contribution in [0.3, 0.4) is 0 Å². The van der Waals surface area contributed by atoms with Gasteiger partial charge in [-0.25, -0.2) is 0 Å². The van der Waals surface area contributed by atoms with Gasteiger partial charge in [-0.3, -0.25) is 4.99 Å². The highest BCUT2D eigenvalue weighted by Crippen LogP contribution is 2.38. The molecule has 1 unspecified atom stereocenters. The summed E-state index contributed by atoms with van der Waals surface area (Å²) in [7, 11) is 0. The second kappa shape index (κ2) is 6.79. The zero-order chi connectivity index (χ0) is 14.6. The summed E-state index contributed by atoms with van der Waals surface area (Å²) < 4.78 is 0. The van der Waals surface area contributed by atoms with E-state index in [0.29, 0.717) is 0 Å². The quantitative estimate of drug-likeness (QED) is 0.812. The summed E-state index contributed by atoms with van der Waals surface area (Å²) in [5.41, 5.74) is 6.35. The Hall–Kier alpha value is -0.770. The lowest BCUT2D eigenvalue weighted by Crippen LogP contribution is -2.56. The Kier molecular flexibility index (Phi) is 5.30. The van der Waals surface area contributed by atoms with Gasteiger partial charge >= 0.3 is 0 Å². The van der Waals surface area contributed by atoms with E-state index in [0.717, 1.165) is 44.6 Å². The maximum atomic E-state index is 6.19. The van der Waals surface area contributed by atoms with Crippen molar-refractivity contribution in [1.82, 2.24) is 9.80 Å². The number of hydrogen-bond acceptors (Lipinski definition) is 4. The molecule has 2 N–H and O–H groups in total. The van der Waals surface area contributed by atoms with Crippen molar-refractivity contribution in [2.24, 2.45) is 16.6 Å². The van der Waals surface area contributed by atoms with E-state index in [1.54, 1.807) is 0 Å². The third kappa shape index (κ3) is 3.11. The Bertz CT molecular complexity index is 331. The third-order valence-electron chi connectivity index (χ3n) is 5.47. The largest absolute Gasteiger partial charge is 0.370 e. The van der Waals surface area contributed by atoms with Crippen LogP contribution >= 0.6 is 0 Å². The maximum Gasteiger partial charge on any atom is 0.191 e. The average Bonchev–Trinajstić information content (AvgIpc) is 2.78. The van der Waals surface area contributed by atoms with Gasteiger partial charge in [-0.2, -0.15) is 0 Å². The molecule has 2 aliphatic rings. The van der Waals surface area contributed by atoms with Crippen molar-refractivity contribution >= 4 is 5.96 Å². The van der Waals surface area contributed by atoms with Gasteiger partial charge in [-0.05, 0) is 38.8 Å². The van der Waals surface area contributed by atoms with E-state index in [9.17, 15) is 0 Å². The molecule has 0 radical (unpaired) electrons. The fourth-order valence-corrected chi connectivity index (χ4v) is 3.90. The first-order valence-corrected chi connectivity index (χ1v) is 8.41. The molecule has 0 bridgehead atoms. The first-order valence-electron chi connectivity index (χ1n) is 8.41. The van der Waals surface area contributed by atoms with Gasteiger partial charge in [-0.15, -0.1) is 0 Å². The molecule has 0 spiro atoms. The van der Waals surface area contributed by atoms with E-state index in [1.165, 1.54) is 32.1 Å². The molecule has 1 fully saturated rings. The molecule has 20 heavy (non-hydrogen) atoms. The van der Waals surface area contributed by atoms with E-state index in [1.807, 2.05) is 0 Å². The van der Waals surface area contributed by atoms with Crippen LogP contribution in [0.15, 0.2) is 4.99 Å². The number of aliphatic imine (C=N–C) groups is 1. The molecule has 1 heterocycles. The van der Waals surface area contributed by atoms with Gasteiger partial charge in [0.2, 0.25) is 0 Å². The Morgan fingerprint density at radius 2 is 1.90 bits per heavy atom. The molecule has 1 aliphatic carbocycles. The zero-order valence-corrected chi connectivity index (χ0v) is 13.6. The van der Waals surface area contributed by atoms with Gasteiger partial charge in [0.15, 0.2) is 5.96 Å². The van der Waals surface area contributed by atoms with Crippen LogP contribution in [0.5, 0.6) is 0 Å². The predicted octanol–water partition coefficient (Wildman–Crippen LogP) is 2.30. The van der Waals surface area contributed by atoms with Gasteiger partial charge in [0.25, 0.3) is 0 Å². The zero-order valence-electron chi connectivity index (χ0n) is 13.6. The first kappa shape index (κ1) is 15.6. The SMILES string of the molecule is CCN(CC)CCN1C(N)=NCC1(C)C1CCCCC1. The molecule has 0 aromatic carbocycles. The molecule has 0 aromatic heterocycles. The van der Waals surface area contributed by atoms with Crippen LogP contribution in [0, 0.1) is 5.92 Å². The fourth-order valence-electron chi connectivity index (χ4n) is 3.90. The molecular formula is C16H32N4. The minimum Gasteiger partial charge on any atom is -0.370 e. The van der Waals surface area contributed by atoms with Crippen molar-refractivity contribution in [3.05, 3.63) is 0 Å². The number of likely N-dealkylation sites (N-methyl/N-ethyl adjacent to an activating group) is 1. The summed E-state index contributed by atoms with van der Waals surface area (Å²) in [4.78, 5) is 9.45. The second-order valence-corrected chi connectivity index (χ2v) is 6.55. The smallest absolute Gasteiger partial charge is 0.191 e. The topological polar surface area (TPSA) is 44.9 Å². The highest BCUT2D eigenvalue weighted by molar-refractivity contribution is 5.81. The molecule has 1 saturated carbocycles. The summed E-state index contributed by atoms with van der Waals surface area (Å²) in [6.07, 6.45) is 6.86. The number of nitrogens with two attached hydrogens (primary N) is 1. The minimum absolute atomic E-state index is 0.164. The summed E-state index contributed by atoms with van der Waals surface area (Å²) in [5.74, 6) is 1.53. The van der Waals surface area contributed by atoms with Crippen LogP contribution in [0.2, 0.25) is 0 Å². The van der Waals surface area contributed by atoms with Gasteiger partial charge < -0.3 is 15.5 Å². The number of hydrogen-bond donors (Lipinski definition) is 1. The van der Waals surface area contributed by atoms with Gasteiger partial charge in [-0.1, -0.05) is 33.1 Å². The molecule has 1 atom stereocenters. The number of rotatable bonds is 6. The predicted molar refractivity (Wildman–Crippen MR) is 86.0 cm³/mol. The van der Waals surface area contributed by atoms with E-state index in [2.05, 4.69) is 35.6 Å². The van der Waals surface area contributed by atoms with Crippen LogP contribution in [-0.4, -0.2) is 54.0 Å². The second-order valence-electron chi connectivity index (χ2n) is 6.55. The van der Waals surface area contributed by atoms with E-state index < -0.39 is 0 Å². The molecule has 0 amide bonds. The van der Waals surface area contributed by atoms with Crippen molar-refractivity contribution in [1.29, 1.82) is 0 Å². The summed E-state index contributed by atoms with van der Waals surface area (Å²) >= 11 is 0. The molecule has 116 valence electrons. The Balaban J connectivity index is 2.00. The third-order valence-corrected chi connectivity index (χ3v) is 5.47. The van der Waals surface area contributed by atoms with Crippen molar-refractivity contribution in [2.45, 2.75) is 58.4 Å². The fraction of sp³-hybridized carbons (Fsp3) is 0.938. The van der Waals surface area contributed by atoms with Crippen LogP contribution in [0.25, 0.3) is 0 Å². The molecular weight excluding hydrogens is 248 g/mol. The maximum absolute atomic E-state index is 6.19. The molecule has 4 nitrogen and oxygen atoms in total. The highest BCUT2D eigenvalue weighted by Gasteiger charge is 2.44. The summed E-state index contributed by atoms with van der Waals surface area (Å²) in [6.45, 7) is 12.1. The normalized spacial score (nSPS) is 28.2. The molecule has 0 aromatic rings. The average molecular weight is 280 g/mol. The van der Waals surface area contributed by atoms with E-state index in [-0.39, 0.29) is 5.54 Å². The Morgan fingerprint density at radius 3 is 2.50 bits per heavy atom. The van der Waals surface area contributed by atoms with Crippen molar-refractivity contribution in [2.75, 3.05) is 32.7 Å². The Labute approximate surface area is 124 Å². The molecule has 4 heteroatoms. The molecule has 2 rings (SSSR count). The van der Waals surface area contributed by atoms with Crippen LogP contribution in [0.4, 0.5) is 0 Å². The monoisotopic (exact) mass is 280 g/mol. The van der Waals surface area contributed by atoms with Gasteiger partial charge in [0.05, 0.1) is 12.1 Å². The first-order chi connectivity index (χ1) is 9.61. The minimum atomic E-state index is 0.164. The van der Waals surface area contributed by atoms with Gasteiger partial charge in [0, 0.05) is 13.1 Å². The van der Waals surface area contributed by atoms with Crippen molar-refractivity contribution in [3.63, 3.8) is 0 Å². The lowest BCUT2D eigenvalue weighted by atomic mass is 9.75. The number of nitrogens with zero attached hydrogens (tertiary/aromatic N) is 3. The standard InChI is InChI=1S/C16H32N4/c1-4-19(5-2)11-12-20-15(17)18-13-16(20,3)14-9-7-6-8-10-14/h14H,4-13H2,1-3H3,(H2,17,18). The van der Waals surface area contributed by atoms with Gasteiger partial charge in [0.1, 0.15) is 0 Å². The number of guanidine groups is 1. The van der Waals surface area contributed by atoms with Crippen LogP contribution < -0.4 is 5.73 Å². The van der Waals surface area contributed by atoms with Crippen molar-refractivity contribution in [3.8, 4) is 0 Å². The molecule has 0 saturated heterocycles. The summed E-state index contributed by atoms with van der Waals surface area (Å²) in [5, 5.41) is 0. The van der Waals surface area contributed by atoms with Crippen LogP contribution in [-0.2, 0) is 0 Å². The summed E-state index contributed by atoms with van der Waals surface area (Å²) in [6, 6.07) is 0. The van der Waals surface area contributed by atoms with E-state index >= 15 is 0 Å². The lowest BCUT2D eigenvalue weighted by molar-refractivity contribution is 0.0980.